The minimum atomic E-state index is -0.841. The molecule has 0 aromatic carbocycles. The van der Waals surface area contributed by atoms with Gasteiger partial charge in [0, 0.05) is 9.75 Å². The minimum absolute atomic E-state index is 0.167. The van der Waals surface area contributed by atoms with Crippen molar-refractivity contribution in [2.45, 2.75) is 51.5 Å². The summed E-state index contributed by atoms with van der Waals surface area (Å²) in [6, 6.07) is 1.88. The molecule has 1 aromatic heterocycles. The monoisotopic (exact) mass is 295 g/mol. The maximum absolute atomic E-state index is 12.5. The van der Waals surface area contributed by atoms with Crippen LogP contribution in [-0.2, 0) is 9.53 Å². The molecule has 1 aromatic rings. The van der Waals surface area contributed by atoms with Gasteiger partial charge in [0.1, 0.15) is 5.54 Å². The van der Waals surface area contributed by atoms with E-state index in [1.165, 1.54) is 7.11 Å². The zero-order valence-electron chi connectivity index (χ0n) is 12.2. The van der Waals surface area contributed by atoms with E-state index in [0.717, 1.165) is 29.0 Å². The van der Waals surface area contributed by atoms with E-state index in [4.69, 9.17) is 4.74 Å². The van der Waals surface area contributed by atoms with Crippen molar-refractivity contribution in [3.05, 3.63) is 21.4 Å². The number of hydrogen-bond donors (Lipinski definition) is 1. The molecule has 1 N–H and O–H groups in total. The van der Waals surface area contributed by atoms with Gasteiger partial charge in [0.25, 0.3) is 5.91 Å². The minimum Gasteiger partial charge on any atom is -0.467 e. The van der Waals surface area contributed by atoms with Crippen LogP contribution in [0.3, 0.4) is 0 Å². The van der Waals surface area contributed by atoms with Gasteiger partial charge >= 0.3 is 5.97 Å². The first-order valence-electron chi connectivity index (χ1n) is 6.96. The Kier molecular flexibility index (Phi) is 4.48. The van der Waals surface area contributed by atoms with Crippen molar-refractivity contribution in [3.63, 3.8) is 0 Å². The van der Waals surface area contributed by atoms with E-state index < -0.39 is 5.54 Å². The zero-order valence-corrected chi connectivity index (χ0v) is 13.1. The fourth-order valence-corrected chi connectivity index (χ4v) is 3.79. The molecular weight excluding hydrogens is 274 g/mol. The molecule has 4 nitrogen and oxygen atoms in total. The summed E-state index contributed by atoms with van der Waals surface area (Å²) in [7, 11) is 1.38. The second-order valence-electron chi connectivity index (χ2n) is 5.42. The van der Waals surface area contributed by atoms with Gasteiger partial charge in [-0.2, -0.15) is 0 Å². The van der Waals surface area contributed by atoms with E-state index >= 15 is 0 Å². The fourth-order valence-electron chi connectivity index (χ4n) is 2.87. The van der Waals surface area contributed by atoms with Crippen LogP contribution in [0, 0.1) is 13.8 Å². The van der Waals surface area contributed by atoms with E-state index in [1.54, 1.807) is 11.3 Å². The normalized spacial score (nSPS) is 17.6. The molecule has 0 aliphatic heterocycles. The van der Waals surface area contributed by atoms with Gasteiger partial charge in [-0.25, -0.2) is 4.79 Å². The van der Waals surface area contributed by atoms with Crippen LogP contribution in [-0.4, -0.2) is 24.5 Å². The van der Waals surface area contributed by atoms with Crippen molar-refractivity contribution in [1.82, 2.24) is 5.32 Å². The summed E-state index contributed by atoms with van der Waals surface area (Å²) in [6.07, 6.45) is 4.31. The summed E-state index contributed by atoms with van der Waals surface area (Å²) in [4.78, 5) is 26.7. The van der Waals surface area contributed by atoms with E-state index in [1.807, 2.05) is 19.9 Å². The lowest BCUT2D eigenvalue weighted by Crippen LogP contribution is -2.56. The van der Waals surface area contributed by atoms with E-state index in [-0.39, 0.29) is 11.9 Å². The number of esters is 1. The van der Waals surface area contributed by atoms with Crippen LogP contribution in [0.5, 0.6) is 0 Å². The summed E-state index contributed by atoms with van der Waals surface area (Å²) in [5, 5.41) is 2.95. The Balaban J connectivity index is 2.21. The highest BCUT2D eigenvalue weighted by Gasteiger charge is 2.42. The van der Waals surface area contributed by atoms with Gasteiger partial charge in [0.15, 0.2) is 0 Å². The summed E-state index contributed by atoms with van der Waals surface area (Å²) in [6.45, 7) is 3.91. The van der Waals surface area contributed by atoms with Gasteiger partial charge in [-0.1, -0.05) is 19.3 Å². The SMILES string of the molecule is COC(=O)C1(NC(=O)c2cc(C)sc2C)CCCCC1. The lowest BCUT2D eigenvalue weighted by atomic mass is 9.81. The number of carbonyl (C=O) groups is 2. The Morgan fingerprint density at radius 2 is 1.90 bits per heavy atom. The predicted octanol–water partition coefficient (Wildman–Crippen LogP) is 2.97. The van der Waals surface area contributed by atoms with Crippen LogP contribution >= 0.6 is 11.3 Å². The first-order chi connectivity index (χ1) is 9.48. The molecule has 0 bridgehead atoms. The van der Waals surface area contributed by atoms with E-state index in [0.29, 0.717) is 18.4 Å². The molecule has 20 heavy (non-hydrogen) atoms. The number of carbonyl (C=O) groups excluding carboxylic acids is 2. The van der Waals surface area contributed by atoms with Crippen molar-refractivity contribution in [2.24, 2.45) is 0 Å². The van der Waals surface area contributed by atoms with Crippen molar-refractivity contribution in [2.75, 3.05) is 7.11 Å². The van der Waals surface area contributed by atoms with Crippen LogP contribution in [0.25, 0.3) is 0 Å². The summed E-state index contributed by atoms with van der Waals surface area (Å²) in [5.74, 6) is -0.491. The number of rotatable bonds is 3. The third-order valence-corrected chi connectivity index (χ3v) is 4.89. The quantitative estimate of drug-likeness (QED) is 0.872. The molecule has 0 atom stereocenters. The van der Waals surface area contributed by atoms with Crippen molar-refractivity contribution >= 4 is 23.2 Å². The molecule has 1 amide bonds. The first kappa shape index (κ1) is 15.0. The average molecular weight is 295 g/mol. The lowest BCUT2D eigenvalue weighted by molar-refractivity contribution is -0.149. The van der Waals surface area contributed by atoms with Crippen molar-refractivity contribution < 1.29 is 14.3 Å². The number of nitrogens with one attached hydrogen (secondary N) is 1. The predicted molar refractivity (Wildman–Crippen MR) is 79.1 cm³/mol. The average Bonchev–Trinajstić information content (AvgIpc) is 2.78. The third-order valence-electron chi connectivity index (χ3n) is 3.92. The molecule has 110 valence electrons. The van der Waals surface area contributed by atoms with Crippen LogP contribution in [0.15, 0.2) is 6.07 Å². The summed E-state index contributed by atoms with van der Waals surface area (Å²) >= 11 is 1.60. The first-order valence-corrected chi connectivity index (χ1v) is 7.78. The topological polar surface area (TPSA) is 55.4 Å². The van der Waals surface area contributed by atoms with Crippen LogP contribution in [0.1, 0.15) is 52.2 Å². The van der Waals surface area contributed by atoms with Crippen LogP contribution in [0.4, 0.5) is 0 Å². The number of thiophene rings is 1. The highest BCUT2D eigenvalue weighted by Crippen LogP contribution is 2.30. The van der Waals surface area contributed by atoms with E-state index in [2.05, 4.69) is 5.32 Å². The van der Waals surface area contributed by atoms with Gasteiger partial charge in [-0.3, -0.25) is 4.79 Å². The van der Waals surface area contributed by atoms with Crippen LogP contribution < -0.4 is 5.32 Å². The van der Waals surface area contributed by atoms with Gasteiger partial charge in [0.05, 0.1) is 12.7 Å². The Hall–Kier alpha value is -1.36. The second kappa shape index (κ2) is 5.95. The molecule has 1 heterocycles. The summed E-state index contributed by atoms with van der Waals surface area (Å²) in [5.41, 5.74) is -0.173. The number of aryl methyl sites for hydroxylation is 2. The maximum Gasteiger partial charge on any atom is 0.331 e. The molecule has 1 aliphatic rings. The van der Waals surface area contributed by atoms with Crippen molar-refractivity contribution in [3.8, 4) is 0 Å². The van der Waals surface area contributed by atoms with Crippen LogP contribution in [0.2, 0.25) is 0 Å². The third kappa shape index (κ3) is 2.87. The molecule has 1 saturated carbocycles. The number of amides is 1. The van der Waals surface area contributed by atoms with Crippen molar-refractivity contribution in [1.29, 1.82) is 0 Å². The van der Waals surface area contributed by atoms with Gasteiger partial charge < -0.3 is 10.1 Å². The molecule has 0 saturated heterocycles. The highest BCUT2D eigenvalue weighted by atomic mass is 32.1. The molecule has 1 aliphatic carbocycles. The molecule has 0 spiro atoms. The molecular formula is C15H21NO3S. The lowest BCUT2D eigenvalue weighted by Gasteiger charge is -2.35. The molecule has 0 unspecified atom stereocenters. The maximum atomic E-state index is 12.5. The largest absolute Gasteiger partial charge is 0.467 e. The highest BCUT2D eigenvalue weighted by molar-refractivity contribution is 7.12. The smallest absolute Gasteiger partial charge is 0.331 e. The standard InChI is InChI=1S/C15H21NO3S/c1-10-9-12(11(2)20-10)13(17)16-15(14(18)19-3)7-5-4-6-8-15/h9H,4-8H2,1-3H3,(H,16,17). The Labute approximate surface area is 123 Å². The second-order valence-corrected chi connectivity index (χ2v) is 6.88. The van der Waals surface area contributed by atoms with Gasteiger partial charge in [-0.15, -0.1) is 11.3 Å². The molecule has 0 radical (unpaired) electrons. The molecule has 1 fully saturated rings. The molecule has 5 heteroatoms. The Morgan fingerprint density at radius 3 is 2.40 bits per heavy atom. The zero-order chi connectivity index (χ0) is 14.8. The Bertz CT molecular complexity index is 515. The fraction of sp³-hybridized carbons (Fsp3) is 0.600. The number of ether oxygens (including phenoxy) is 1. The number of hydrogen-bond acceptors (Lipinski definition) is 4. The number of methoxy groups -OCH3 is 1. The molecule has 2 rings (SSSR count). The van der Waals surface area contributed by atoms with Gasteiger partial charge in [0.2, 0.25) is 0 Å². The van der Waals surface area contributed by atoms with Gasteiger partial charge in [-0.05, 0) is 32.8 Å². The van der Waals surface area contributed by atoms with E-state index in [9.17, 15) is 9.59 Å². The Morgan fingerprint density at radius 1 is 1.25 bits per heavy atom. The summed E-state index contributed by atoms with van der Waals surface area (Å²) < 4.78 is 4.91.